The van der Waals surface area contributed by atoms with Gasteiger partial charge in [-0.05, 0) is 40.9 Å². The summed E-state index contributed by atoms with van der Waals surface area (Å²) in [6.07, 6.45) is 5.00. The van der Waals surface area contributed by atoms with Crippen LogP contribution in [0, 0.1) is 0 Å². The van der Waals surface area contributed by atoms with Crippen LogP contribution in [-0.4, -0.2) is 12.0 Å². The first-order valence-corrected chi connectivity index (χ1v) is 8.32. The SMILES string of the molecule is CNc1cc(C2CCCC2)nc2c(Cl)c(Cl)c(Br)cc12. The van der Waals surface area contributed by atoms with Crippen molar-refractivity contribution in [1.82, 2.24) is 4.98 Å². The van der Waals surface area contributed by atoms with Crippen molar-refractivity contribution in [3.8, 4) is 0 Å². The number of pyridine rings is 1. The second-order valence-electron chi connectivity index (χ2n) is 5.21. The van der Waals surface area contributed by atoms with Gasteiger partial charge in [-0.3, -0.25) is 4.98 Å². The lowest BCUT2D eigenvalue weighted by molar-refractivity contribution is 0.701. The molecule has 5 heteroatoms. The van der Waals surface area contributed by atoms with Crippen molar-refractivity contribution in [2.24, 2.45) is 0 Å². The van der Waals surface area contributed by atoms with Gasteiger partial charge in [0.1, 0.15) is 0 Å². The van der Waals surface area contributed by atoms with Crippen LogP contribution in [0.15, 0.2) is 16.6 Å². The number of aromatic nitrogens is 1. The molecule has 1 aliphatic rings. The molecule has 1 aromatic carbocycles. The fourth-order valence-electron chi connectivity index (χ4n) is 2.92. The van der Waals surface area contributed by atoms with Crippen LogP contribution in [0.25, 0.3) is 10.9 Å². The van der Waals surface area contributed by atoms with E-state index >= 15 is 0 Å². The van der Waals surface area contributed by atoms with E-state index in [1.54, 1.807) is 0 Å². The molecular weight excluding hydrogens is 359 g/mol. The monoisotopic (exact) mass is 372 g/mol. The lowest BCUT2D eigenvalue weighted by Crippen LogP contribution is -2.01. The van der Waals surface area contributed by atoms with Crippen molar-refractivity contribution >= 4 is 55.7 Å². The van der Waals surface area contributed by atoms with Crippen molar-refractivity contribution in [3.05, 3.63) is 32.3 Å². The van der Waals surface area contributed by atoms with E-state index in [4.69, 9.17) is 28.2 Å². The molecule has 0 spiro atoms. The van der Waals surface area contributed by atoms with Gasteiger partial charge in [-0.2, -0.15) is 0 Å². The Morgan fingerprint density at radius 3 is 2.55 bits per heavy atom. The van der Waals surface area contributed by atoms with Gasteiger partial charge in [-0.25, -0.2) is 0 Å². The average molecular weight is 374 g/mol. The van der Waals surface area contributed by atoms with Crippen molar-refractivity contribution in [2.45, 2.75) is 31.6 Å². The number of benzene rings is 1. The third-order valence-electron chi connectivity index (χ3n) is 4.00. The van der Waals surface area contributed by atoms with Crippen molar-refractivity contribution in [1.29, 1.82) is 0 Å². The summed E-state index contributed by atoms with van der Waals surface area (Å²) in [5.41, 5.74) is 2.96. The quantitative estimate of drug-likeness (QED) is 0.652. The van der Waals surface area contributed by atoms with E-state index in [0.29, 0.717) is 16.0 Å². The molecule has 1 N–H and O–H groups in total. The van der Waals surface area contributed by atoms with E-state index in [1.807, 2.05) is 13.1 Å². The first kappa shape index (κ1) is 14.4. The molecule has 0 radical (unpaired) electrons. The molecule has 0 unspecified atom stereocenters. The predicted octanol–water partition coefficient (Wildman–Crippen LogP) is 6.00. The summed E-state index contributed by atoms with van der Waals surface area (Å²) in [5, 5.41) is 5.29. The van der Waals surface area contributed by atoms with E-state index in [9.17, 15) is 0 Å². The maximum absolute atomic E-state index is 6.39. The van der Waals surface area contributed by atoms with Crippen LogP contribution in [0.3, 0.4) is 0 Å². The van der Waals surface area contributed by atoms with Crippen molar-refractivity contribution in [3.63, 3.8) is 0 Å². The molecule has 2 nitrogen and oxygen atoms in total. The van der Waals surface area contributed by atoms with Gasteiger partial charge in [0, 0.05) is 34.2 Å². The molecule has 1 saturated carbocycles. The van der Waals surface area contributed by atoms with E-state index in [1.165, 1.54) is 25.7 Å². The van der Waals surface area contributed by atoms with Gasteiger partial charge in [0.2, 0.25) is 0 Å². The first-order chi connectivity index (χ1) is 9.61. The minimum absolute atomic E-state index is 0.521. The van der Waals surface area contributed by atoms with Crippen LogP contribution < -0.4 is 5.32 Å². The Balaban J connectivity index is 2.26. The summed E-state index contributed by atoms with van der Waals surface area (Å²) in [5.74, 6) is 0.546. The van der Waals surface area contributed by atoms with Crippen LogP contribution in [0.4, 0.5) is 5.69 Å². The molecule has 106 valence electrons. The Bertz CT molecular complexity index is 667. The van der Waals surface area contributed by atoms with Crippen LogP contribution in [0.1, 0.15) is 37.3 Å². The predicted molar refractivity (Wildman–Crippen MR) is 90.2 cm³/mol. The third-order valence-corrected chi connectivity index (χ3v) is 5.71. The fourth-order valence-corrected chi connectivity index (χ4v) is 3.86. The standard InChI is InChI=1S/C15H15BrCl2N2/c1-19-12-7-11(8-4-2-3-5-8)20-15-9(12)6-10(16)13(17)14(15)18/h6-8H,2-5H2,1H3,(H,19,20). The topological polar surface area (TPSA) is 24.9 Å². The smallest absolute Gasteiger partial charge is 0.0928 e. The molecule has 0 bridgehead atoms. The highest BCUT2D eigenvalue weighted by molar-refractivity contribution is 9.10. The molecule has 0 saturated heterocycles. The number of rotatable bonds is 2. The zero-order valence-electron chi connectivity index (χ0n) is 11.1. The molecule has 1 aliphatic carbocycles. The first-order valence-electron chi connectivity index (χ1n) is 6.77. The molecule has 1 heterocycles. The van der Waals surface area contributed by atoms with Gasteiger partial charge in [0.25, 0.3) is 0 Å². The number of hydrogen-bond acceptors (Lipinski definition) is 2. The second-order valence-corrected chi connectivity index (χ2v) is 6.82. The summed E-state index contributed by atoms with van der Waals surface area (Å²) in [7, 11) is 1.92. The Morgan fingerprint density at radius 2 is 1.90 bits per heavy atom. The highest BCUT2D eigenvalue weighted by Crippen LogP contribution is 2.41. The number of nitrogens with zero attached hydrogens (tertiary/aromatic N) is 1. The zero-order chi connectivity index (χ0) is 14.3. The molecule has 1 fully saturated rings. The van der Waals surface area contributed by atoms with Gasteiger partial charge in [0.15, 0.2) is 0 Å². The van der Waals surface area contributed by atoms with Gasteiger partial charge in [-0.1, -0.05) is 36.0 Å². The normalized spacial score (nSPS) is 16.0. The van der Waals surface area contributed by atoms with Crippen LogP contribution in [0.2, 0.25) is 10.0 Å². The second kappa shape index (κ2) is 5.70. The molecule has 3 rings (SSSR count). The van der Waals surface area contributed by atoms with Crippen LogP contribution >= 0.6 is 39.1 Å². The number of halogens is 3. The average Bonchev–Trinajstić information content (AvgIpc) is 2.98. The minimum atomic E-state index is 0.521. The fraction of sp³-hybridized carbons (Fsp3) is 0.400. The van der Waals surface area contributed by atoms with Crippen molar-refractivity contribution in [2.75, 3.05) is 12.4 Å². The largest absolute Gasteiger partial charge is 0.388 e. The Hall–Kier alpha value is -0.510. The lowest BCUT2D eigenvalue weighted by Gasteiger charge is -2.15. The number of hydrogen-bond donors (Lipinski definition) is 1. The summed E-state index contributed by atoms with van der Waals surface area (Å²) >= 11 is 16.1. The van der Waals surface area contributed by atoms with Gasteiger partial charge < -0.3 is 5.32 Å². The Labute approximate surface area is 137 Å². The molecule has 0 amide bonds. The summed E-state index contributed by atoms with van der Waals surface area (Å²) in [6.45, 7) is 0. The molecule has 2 aromatic rings. The summed E-state index contributed by atoms with van der Waals surface area (Å²) in [4.78, 5) is 4.79. The minimum Gasteiger partial charge on any atom is -0.388 e. The summed E-state index contributed by atoms with van der Waals surface area (Å²) in [6, 6.07) is 4.12. The third kappa shape index (κ3) is 2.40. The molecule has 1 aromatic heterocycles. The van der Waals surface area contributed by atoms with E-state index in [-0.39, 0.29) is 0 Å². The van der Waals surface area contributed by atoms with E-state index in [0.717, 1.165) is 26.8 Å². The molecule has 20 heavy (non-hydrogen) atoms. The maximum atomic E-state index is 6.39. The van der Waals surface area contributed by atoms with Crippen LogP contribution in [0.5, 0.6) is 0 Å². The highest BCUT2D eigenvalue weighted by Gasteiger charge is 2.21. The maximum Gasteiger partial charge on any atom is 0.0928 e. The number of anilines is 1. The zero-order valence-corrected chi connectivity index (χ0v) is 14.2. The van der Waals surface area contributed by atoms with E-state index in [2.05, 4.69) is 27.3 Å². The molecule has 0 aliphatic heterocycles. The van der Waals surface area contributed by atoms with Crippen molar-refractivity contribution < 1.29 is 0 Å². The Morgan fingerprint density at radius 1 is 1.20 bits per heavy atom. The molecule has 0 atom stereocenters. The molecular formula is C15H15BrCl2N2. The lowest BCUT2D eigenvalue weighted by atomic mass is 10.0. The summed E-state index contributed by atoms with van der Waals surface area (Å²) < 4.78 is 0.795. The van der Waals surface area contributed by atoms with Crippen LogP contribution in [-0.2, 0) is 0 Å². The van der Waals surface area contributed by atoms with Gasteiger partial charge in [-0.15, -0.1) is 0 Å². The highest BCUT2D eigenvalue weighted by atomic mass is 79.9. The van der Waals surface area contributed by atoms with Gasteiger partial charge >= 0.3 is 0 Å². The Kier molecular flexibility index (Phi) is 4.11. The van der Waals surface area contributed by atoms with Gasteiger partial charge in [0.05, 0.1) is 15.6 Å². The number of nitrogens with one attached hydrogen (secondary N) is 1. The number of fused-ring (bicyclic) bond motifs is 1. The van der Waals surface area contributed by atoms with E-state index < -0.39 is 0 Å².